The van der Waals surface area contributed by atoms with Crippen LogP contribution in [0, 0.1) is 17.2 Å². The summed E-state index contributed by atoms with van der Waals surface area (Å²) in [4.78, 5) is 2.75. The average molecular weight is 447 g/mol. The molecule has 1 saturated heterocycles. The number of ether oxygens (including phenoxy) is 1. The van der Waals surface area contributed by atoms with Crippen LogP contribution in [0.4, 0.5) is 0 Å². The maximum atomic E-state index is 11.6. The van der Waals surface area contributed by atoms with Crippen molar-refractivity contribution < 1.29 is 13.2 Å². The molecule has 0 spiro atoms. The molecule has 0 N–H and O–H groups in total. The molecule has 7 heteroatoms. The van der Waals surface area contributed by atoms with Gasteiger partial charge in [-0.1, -0.05) is 18.5 Å². The standard InChI is InChI=1S/C23H27ClN2O3S/c1-16(20-9-18(12-25)10-21(24)11-20)13-26-14-19(8-17(26)2)15-29-22-4-6-23(7-5-22)30(3,27)28/h4-7,9-11,16-17,19H,8,13-15H2,1-3H3/t16?,17-,19+/m1/s1. The Morgan fingerprint density at radius 2 is 1.97 bits per heavy atom. The van der Waals surface area contributed by atoms with Gasteiger partial charge in [-0.25, -0.2) is 8.42 Å². The van der Waals surface area contributed by atoms with Crippen LogP contribution in [0.25, 0.3) is 0 Å². The molecule has 160 valence electrons. The predicted octanol–water partition coefficient (Wildman–Crippen LogP) is 4.51. The summed E-state index contributed by atoms with van der Waals surface area (Å²) in [5.74, 6) is 1.36. The number of nitrogens with zero attached hydrogens (tertiary/aromatic N) is 2. The van der Waals surface area contributed by atoms with E-state index in [1.165, 1.54) is 6.26 Å². The lowest BCUT2D eigenvalue weighted by Crippen LogP contribution is -2.31. The number of benzene rings is 2. The van der Waals surface area contributed by atoms with Crippen LogP contribution in [-0.2, 0) is 9.84 Å². The Balaban J connectivity index is 1.55. The molecule has 1 unspecified atom stereocenters. The average Bonchev–Trinajstić information content (AvgIpc) is 3.04. The summed E-state index contributed by atoms with van der Waals surface area (Å²) in [7, 11) is -3.19. The molecule has 0 aliphatic carbocycles. The highest BCUT2D eigenvalue weighted by Gasteiger charge is 2.30. The van der Waals surface area contributed by atoms with Crippen molar-refractivity contribution >= 4 is 21.4 Å². The van der Waals surface area contributed by atoms with Crippen LogP contribution < -0.4 is 4.74 Å². The molecule has 3 atom stereocenters. The quantitative estimate of drug-likeness (QED) is 0.625. The van der Waals surface area contributed by atoms with Crippen molar-refractivity contribution in [2.45, 2.75) is 37.1 Å². The molecular weight excluding hydrogens is 420 g/mol. The molecule has 5 nitrogen and oxygen atoms in total. The van der Waals surface area contributed by atoms with Crippen molar-refractivity contribution in [3.05, 3.63) is 58.6 Å². The number of halogens is 1. The van der Waals surface area contributed by atoms with Gasteiger partial charge >= 0.3 is 0 Å². The highest BCUT2D eigenvalue weighted by Crippen LogP contribution is 2.29. The van der Waals surface area contributed by atoms with E-state index in [9.17, 15) is 13.7 Å². The monoisotopic (exact) mass is 446 g/mol. The summed E-state index contributed by atoms with van der Waals surface area (Å²) in [6.45, 7) is 6.83. The Bertz CT molecular complexity index is 1030. The van der Waals surface area contributed by atoms with Crippen LogP contribution in [0.3, 0.4) is 0 Å². The van der Waals surface area contributed by atoms with E-state index in [0.717, 1.165) is 25.1 Å². The van der Waals surface area contributed by atoms with Crippen molar-refractivity contribution in [1.82, 2.24) is 4.90 Å². The first-order valence-electron chi connectivity index (χ1n) is 10.0. The first-order valence-corrected chi connectivity index (χ1v) is 12.3. The summed E-state index contributed by atoms with van der Waals surface area (Å²) in [6.07, 6.45) is 2.25. The molecule has 1 aliphatic rings. The fraction of sp³-hybridized carbons (Fsp3) is 0.435. The van der Waals surface area contributed by atoms with Crippen LogP contribution in [-0.4, -0.2) is 45.3 Å². The maximum absolute atomic E-state index is 11.6. The van der Waals surface area contributed by atoms with E-state index in [2.05, 4.69) is 24.8 Å². The third kappa shape index (κ3) is 5.75. The van der Waals surface area contributed by atoms with Gasteiger partial charge in [-0.15, -0.1) is 0 Å². The van der Waals surface area contributed by atoms with Crippen LogP contribution >= 0.6 is 11.6 Å². The molecule has 0 aromatic heterocycles. The van der Waals surface area contributed by atoms with Gasteiger partial charge in [0.05, 0.1) is 23.1 Å². The van der Waals surface area contributed by atoms with E-state index in [0.29, 0.717) is 39.8 Å². The summed E-state index contributed by atoms with van der Waals surface area (Å²) >= 11 is 6.16. The van der Waals surface area contributed by atoms with Crippen LogP contribution in [0.1, 0.15) is 37.3 Å². The van der Waals surface area contributed by atoms with Gasteiger partial charge in [-0.2, -0.15) is 5.26 Å². The fourth-order valence-corrected chi connectivity index (χ4v) is 4.88. The summed E-state index contributed by atoms with van der Waals surface area (Å²) < 4.78 is 29.0. The lowest BCUT2D eigenvalue weighted by molar-refractivity contribution is 0.227. The van der Waals surface area contributed by atoms with Gasteiger partial charge in [0.25, 0.3) is 0 Å². The van der Waals surface area contributed by atoms with Gasteiger partial charge in [0, 0.05) is 36.3 Å². The first-order chi connectivity index (χ1) is 14.2. The van der Waals surface area contributed by atoms with Gasteiger partial charge in [0.2, 0.25) is 0 Å². The molecule has 2 aromatic carbocycles. The van der Waals surface area contributed by atoms with E-state index in [-0.39, 0.29) is 5.92 Å². The molecule has 2 aromatic rings. The minimum Gasteiger partial charge on any atom is -0.493 e. The fourth-order valence-electron chi connectivity index (χ4n) is 4.01. The summed E-state index contributed by atoms with van der Waals surface area (Å²) in [5, 5.41) is 9.77. The van der Waals surface area contributed by atoms with E-state index in [1.54, 1.807) is 30.3 Å². The zero-order chi connectivity index (χ0) is 21.9. The molecule has 0 amide bonds. The zero-order valence-corrected chi connectivity index (χ0v) is 19.1. The molecular formula is C23H27ClN2O3S. The number of hydrogen-bond acceptors (Lipinski definition) is 5. The predicted molar refractivity (Wildman–Crippen MR) is 119 cm³/mol. The molecule has 0 bridgehead atoms. The molecule has 1 fully saturated rings. The number of nitriles is 1. The van der Waals surface area contributed by atoms with E-state index >= 15 is 0 Å². The van der Waals surface area contributed by atoms with Crippen LogP contribution in [0.5, 0.6) is 5.75 Å². The van der Waals surface area contributed by atoms with Gasteiger partial charge in [-0.3, -0.25) is 4.90 Å². The number of sulfone groups is 1. The van der Waals surface area contributed by atoms with E-state index < -0.39 is 9.84 Å². The first kappa shape index (κ1) is 22.6. The minimum atomic E-state index is -3.19. The number of hydrogen-bond donors (Lipinski definition) is 0. The van der Waals surface area contributed by atoms with Crippen molar-refractivity contribution in [3.63, 3.8) is 0 Å². The van der Waals surface area contributed by atoms with Crippen LogP contribution in [0.15, 0.2) is 47.4 Å². The molecule has 1 aliphatic heterocycles. The minimum absolute atomic E-state index is 0.265. The van der Waals surface area contributed by atoms with Gasteiger partial charge in [0.1, 0.15) is 5.75 Å². The number of rotatable bonds is 7. The third-order valence-electron chi connectivity index (χ3n) is 5.65. The molecule has 30 heavy (non-hydrogen) atoms. The Hall–Kier alpha value is -2.07. The second-order valence-corrected chi connectivity index (χ2v) is 10.7. The van der Waals surface area contributed by atoms with Gasteiger partial charge in [0.15, 0.2) is 9.84 Å². The summed E-state index contributed by atoms with van der Waals surface area (Å²) in [6, 6.07) is 14.7. The highest BCUT2D eigenvalue weighted by atomic mass is 35.5. The van der Waals surface area contributed by atoms with Gasteiger partial charge < -0.3 is 4.74 Å². The highest BCUT2D eigenvalue weighted by molar-refractivity contribution is 7.90. The third-order valence-corrected chi connectivity index (χ3v) is 7.00. The Kier molecular flexibility index (Phi) is 7.07. The second kappa shape index (κ2) is 9.38. The van der Waals surface area contributed by atoms with Crippen molar-refractivity contribution in [1.29, 1.82) is 5.26 Å². The zero-order valence-electron chi connectivity index (χ0n) is 17.5. The summed E-state index contributed by atoms with van der Waals surface area (Å²) in [5.41, 5.74) is 1.67. The Morgan fingerprint density at radius 1 is 1.27 bits per heavy atom. The van der Waals surface area contributed by atoms with E-state index in [1.807, 2.05) is 12.1 Å². The van der Waals surface area contributed by atoms with E-state index in [4.69, 9.17) is 16.3 Å². The van der Waals surface area contributed by atoms with Crippen molar-refractivity contribution in [2.75, 3.05) is 26.0 Å². The lowest BCUT2D eigenvalue weighted by Gasteiger charge is -2.25. The topological polar surface area (TPSA) is 70.4 Å². The smallest absolute Gasteiger partial charge is 0.175 e. The molecule has 3 rings (SSSR count). The lowest BCUT2D eigenvalue weighted by atomic mass is 9.98. The Labute approximate surface area is 184 Å². The van der Waals surface area contributed by atoms with Gasteiger partial charge in [-0.05, 0) is 67.3 Å². The molecule has 1 heterocycles. The van der Waals surface area contributed by atoms with Crippen LogP contribution in [0.2, 0.25) is 5.02 Å². The normalized spacial score (nSPS) is 20.6. The molecule has 0 radical (unpaired) electrons. The Morgan fingerprint density at radius 3 is 2.60 bits per heavy atom. The number of likely N-dealkylation sites (tertiary alicyclic amines) is 1. The molecule has 0 saturated carbocycles. The van der Waals surface area contributed by atoms with Crippen molar-refractivity contribution in [2.24, 2.45) is 5.92 Å². The second-order valence-electron chi connectivity index (χ2n) is 8.25. The maximum Gasteiger partial charge on any atom is 0.175 e. The van der Waals surface area contributed by atoms with Crippen molar-refractivity contribution in [3.8, 4) is 11.8 Å². The largest absolute Gasteiger partial charge is 0.493 e. The SMILES string of the molecule is CC(CN1C[C@@H](COc2ccc(S(C)(=O)=O)cc2)C[C@H]1C)c1cc(Cl)cc(C#N)c1.